The predicted molar refractivity (Wildman–Crippen MR) is 31.2 cm³/mol. The van der Waals surface area contributed by atoms with Gasteiger partial charge in [0.05, 0.1) is 0 Å². The zero-order valence-electron chi connectivity index (χ0n) is 5.00. The van der Waals surface area contributed by atoms with Crippen LogP contribution in [0.15, 0.2) is 11.1 Å². The Labute approximate surface area is 45.2 Å². The van der Waals surface area contributed by atoms with Gasteiger partial charge in [0.15, 0.2) is 0 Å². The second-order valence-electron chi connectivity index (χ2n) is 1.75. The molecule has 0 heterocycles. The van der Waals surface area contributed by atoms with Gasteiger partial charge in [-0.05, 0) is 32.8 Å². The molecule has 0 aliphatic heterocycles. The topological polar surface area (TPSA) is 0 Å². The van der Waals surface area contributed by atoms with E-state index < -0.39 is 0 Å². The SMILES string of the molecule is [C]#CC(C)=C(C)C. The summed E-state index contributed by atoms with van der Waals surface area (Å²) >= 11 is 0. The Morgan fingerprint density at radius 3 is 1.71 bits per heavy atom. The second-order valence-corrected chi connectivity index (χ2v) is 1.75. The van der Waals surface area contributed by atoms with Gasteiger partial charge in [-0.2, -0.15) is 0 Å². The molecule has 0 amide bonds. The van der Waals surface area contributed by atoms with E-state index in [1.54, 1.807) is 0 Å². The molecule has 0 bridgehead atoms. The lowest BCUT2D eigenvalue weighted by molar-refractivity contribution is 1.31. The van der Waals surface area contributed by atoms with Crippen molar-refractivity contribution >= 4 is 0 Å². The molecule has 0 fully saturated rings. The van der Waals surface area contributed by atoms with Crippen molar-refractivity contribution in [2.24, 2.45) is 0 Å². The van der Waals surface area contributed by atoms with Crippen LogP contribution < -0.4 is 0 Å². The molecule has 0 aromatic heterocycles. The molecule has 0 aliphatic rings. The lowest BCUT2D eigenvalue weighted by Gasteiger charge is -1.87. The van der Waals surface area contributed by atoms with Gasteiger partial charge in [-0.25, -0.2) is 0 Å². The number of hydrogen-bond acceptors (Lipinski definition) is 0. The van der Waals surface area contributed by atoms with Crippen molar-refractivity contribution in [1.82, 2.24) is 0 Å². The molecule has 0 spiro atoms. The van der Waals surface area contributed by atoms with Gasteiger partial charge in [-0.3, -0.25) is 0 Å². The molecule has 0 saturated heterocycles. The number of allylic oxidation sites excluding steroid dienone is 2. The van der Waals surface area contributed by atoms with E-state index in [9.17, 15) is 0 Å². The van der Waals surface area contributed by atoms with Crippen molar-refractivity contribution in [3.8, 4) is 5.92 Å². The fraction of sp³-hybridized carbons (Fsp3) is 0.429. The van der Waals surface area contributed by atoms with Crippen LogP contribution in [-0.2, 0) is 0 Å². The quantitative estimate of drug-likeness (QED) is 0.401. The normalized spacial score (nSPS) is 7.14. The first-order valence-corrected chi connectivity index (χ1v) is 2.25. The monoisotopic (exact) mass is 93.1 g/mol. The average Bonchev–Trinajstić information content (AvgIpc) is 1.65. The molecule has 0 unspecified atom stereocenters. The second kappa shape index (κ2) is 2.47. The lowest BCUT2D eigenvalue weighted by Crippen LogP contribution is -1.70. The molecule has 0 atom stereocenters. The Hall–Kier alpha value is -0.700. The molecule has 0 heteroatoms. The van der Waals surface area contributed by atoms with Crippen LogP contribution in [0.5, 0.6) is 0 Å². The third kappa shape index (κ3) is 2.05. The van der Waals surface area contributed by atoms with Gasteiger partial charge >= 0.3 is 0 Å². The van der Waals surface area contributed by atoms with Crippen molar-refractivity contribution < 1.29 is 0 Å². The summed E-state index contributed by atoms with van der Waals surface area (Å²) in [4.78, 5) is 0. The summed E-state index contributed by atoms with van der Waals surface area (Å²) in [5.74, 6) is 2.29. The molecule has 0 saturated carbocycles. The Kier molecular flexibility index (Phi) is 2.22. The van der Waals surface area contributed by atoms with Gasteiger partial charge in [0.2, 0.25) is 0 Å². The van der Waals surface area contributed by atoms with Gasteiger partial charge in [0, 0.05) is 0 Å². The first-order chi connectivity index (χ1) is 3.18. The van der Waals surface area contributed by atoms with Gasteiger partial charge in [0.1, 0.15) is 0 Å². The Morgan fingerprint density at radius 2 is 1.71 bits per heavy atom. The summed E-state index contributed by atoms with van der Waals surface area (Å²) in [6.07, 6.45) is 6.63. The molecule has 1 radical (unpaired) electrons. The summed E-state index contributed by atoms with van der Waals surface area (Å²) < 4.78 is 0. The molecule has 0 aromatic rings. The fourth-order valence-corrected chi connectivity index (χ4v) is 0.125. The predicted octanol–water partition coefficient (Wildman–Crippen LogP) is 1.93. The molecular weight excluding hydrogens is 84.1 g/mol. The van der Waals surface area contributed by atoms with Crippen molar-refractivity contribution in [3.05, 3.63) is 17.6 Å². The van der Waals surface area contributed by atoms with E-state index in [0.717, 1.165) is 11.1 Å². The van der Waals surface area contributed by atoms with Crippen molar-refractivity contribution in [1.29, 1.82) is 0 Å². The van der Waals surface area contributed by atoms with Crippen LogP contribution in [-0.4, -0.2) is 0 Å². The summed E-state index contributed by atoms with van der Waals surface area (Å²) in [5.41, 5.74) is 2.09. The number of rotatable bonds is 0. The van der Waals surface area contributed by atoms with Gasteiger partial charge in [-0.1, -0.05) is 11.5 Å². The zero-order valence-corrected chi connectivity index (χ0v) is 5.00. The standard InChI is InChI=1S/C7H9/c1-5-7(4)6(2)3/h2-4H3. The summed E-state index contributed by atoms with van der Waals surface area (Å²) in [6.45, 7) is 5.82. The summed E-state index contributed by atoms with van der Waals surface area (Å²) in [6, 6.07) is 0. The highest BCUT2D eigenvalue weighted by molar-refractivity contribution is 5.24. The third-order valence-corrected chi connectivity index (χ3v) is 0.938. The zero-order chi connectivity index (χ0) is 5.86. The van der Waals surface area contributed by atoms with E-state index in [-0.39, 0.29) is 0 Å². The van der Waals surface area contributed by atoms with Gasteiger partial charge < -0.3 is 0 Å². The molecule has 7 heavy (non-hydrogen) atoms. The van der Waals surface area contributed by atoms with Crippen LogP contribution >= 0.6 is 0 Å². The lowest BCUT2D eigenvalue weighted by atomic mass is 10.2. The van der Waals surface area contributed by atoms with E-state index >= 15 is 0 Å². The van der Waals surface area contributed by atoms with Crippen LogP contribution in [0.1, 0.15) is 20.8 Å². The van der Waals surface area contributed by atoms with Crippen molar-refractivity contribution in [2.75, 3.05) is 0 Å². The smallest absolute Gasteiger partial charge is 0.00140 e. The van der Waals surface area contributed by atoms with Crippen LogP contribution in [0.2, 0.25) is 0 Å². The van der Waals surface area contributed by atoms with Crippen LogP contribution in [0.4, 0.5) is 0 Å². The maximum absolute atomic E-state index is 6.63. The Bertz CT molecular complexity index is 117. The molecule has 37 valence electrons. The average molecular weight is 93.1 g/mol. The maximum Gasteiger partial charge on any atom is -0.00140 e. The third-order valence-electron chi connectivity index (χ3n) is 0.938. The molecule has 0 rings (SSSR count). The first-order valence-electron chi connectivity index (χ1n) is 2.25. The minimum Gasteiger partial charge on any atom is -0.0651 e. The minimum atomic E-state index is 0.931. The van der Waals surface area contributed by atoms with E-state index in [4.69, 9.17) is 6.42 Å². The fourth-order valence-electron chi connectivity index (χ4n) is 0.125. The molecule has 0 N–H and O–H groups in total. The Balaban J connectivity index is 4.07. The van der Waals surface area contributed by atoms with Crippen LogP contribution in [0, 0.1) is 12.3 Å². The molecule has 0 aromatic carbocycles. The van der Waals surface area contributed by atoms with Crippen LogP contribution in [0.25, 0.3) is 0 Å². The van der Waals surface area contributed by atoms with E-state index in [1.807, 2.05) is 20.8 Å². The Morgan fingerprint density at radius 1 is 1.29 bits per heavy atom. The van der Waals surface area contributed by atoms with Gasteiger partial charge in [0.25, 0.3) is 0 Å². The van der Waals surface area contributed by atoms with Gasteiger partial charge in [-0.15, -0.1) is 0 Å². The van der Waals surface area contributed by atoms with Crippen molar-refractivity contribution in [2.45, 2.75) is 20.8 Å². The largest absolute Gasteiger partial charge is 0.0651 e. The highest BCUT2D eigenvalue weighted by Gasteiger charge is 1.80. The summed E-state index contributed by atoms with van der Waals surface area (Å²) in [5, 5.41) is 0. The molecule has 0 aliphatic carbocycles. The number of hydrogen-bond donors (Lipinski definition) is 0. The highest BCUT2D eigenvalue weighted by atomic mass is 13.8. The van der Waals surface area contributed by atoms with E-state index in [2.05, 4.69) is 5.92 Å². The minimum absolute atomic E-state index is 0.931. The van der Waals surface area contributed by atoms with Crippen LogP contribution in [0.3, 0.4) is 0 Å². The van der Waals surface area contributed by atoms with E-state index in [0.29, 0.717) is 0 Å². The first kappa shape index (κ1) is 6.30. The molecule has 0 nitrogen and oxygen atoms in total. The van der Waals surface area contributed by atoms with E-state index in [1.165, 1.54) is 0 Å². The highest BCUT2D eigenvalue weighted by Crippen LogP contribution is 1.97. The summed E-state index contributed by atoms with van der Waals surface area (Å²) in [7, 11) is 0. The maximum atomic E-state index is 6.63. The van der Waals surface area contributed by atoms with Crippen molar-refractivity contribution in [3.63, 3.8) is 0 Å². The molecular formula is C7H9.